The lowest BCUT2D eigenvalue weighted by Crippen LogP contribution is -2.45. The van der Waals surface area contributed by atoms with E-state index in [0.717, 1.165) is 22.4 Å². The van der Waals surface area contributed by atoms with Crippen LogP contribution in [0.4, 0.5) is 10.5 Å². The molecule has 2 amide bonds. The van der Waals surface area contributed by atoms with Crippen molar-refractivity contribution in [2.75, 3.05) is 18.5 Å². The summed E-state index contributed by atoms with van der Waals surface area (Å²) in [7, 11) is 0. The molecule has 4 rings (SSSR count). The van der Waals surface area contributed by atoms with Gasteiger partial charge in [-0.15, -0.1) is 0 Å². The lowest BCUT2D eigenvalue weighted by atomic mass is 9.99. The highest BCUT2D eigenvalue weighted by molar-refractivity contribution is 5.89. The maximum absolute atomic E-state index is 12.4. The average molecular weight is 378 g/mol. The number of benzene rings is 2. The molecule has 2 fully saturated rings. The number of hydrogen-bond donors (Lipinski definition) is 2. The Morgan fingerprint density at radius 1 is 1.00 bits per heavy atom. The van der Waals surface area contributed by atoms with E-state index in [1.54, 1.807) is 0 Å². The number of anilines is 1. The molecule has 0 saturated carbocycles. The van der Waals surface area contributed by atoms with Crippen LogP contribution in [0.1, 0.15) is 16.7 Å². The predicted octanol–water partition coefficient (Wildman–Crippen LogP) is 3.92. The highest BCUT2D eigenvalue weighted by Crippen LogP contribution is 2.32. The first-order chi connectivity index (χ1) is 13.6. The summed E-state index contributed by atoms with van der Waals surface area (Å²) >= 11 is 0. The first kappa shape index (κ1) is 18.7. The summed E-state index contributed by atoms with van der Waals surface area (Å²) in [5.74, 6) is 0.194. The van der Waals surface area contributed by atoms with Crippen LogP contribution in [0.3, 0.4) is 0 Å². The molecular weight excluding hydrogens is 352 g/mol. The highest BCUT2D eigenvalue weighted by Gasteiger charge is 2.47. The number of hydrogen-bond acceptors (Lipinski definition) is 3. The lowest BCUT2D eigenvalue weighted by Gasteiger charge is -2.18. The normalized spacial score (nSPS) is 26.4. The summed E-state index contributed by atoms with van der Waals surface area (Å²) in [6, 6.07) is 15.8. The molecule has 5 nitrogen and oxygen atoms in total. The number of aryl methyl sites for hydroxylation is 2. The number of nitrogens with one attached hydrogen (secondary N) is 2. The minimum atomic E-state index is -0.230. The van der Waals surface area contributed by atoms with Gasteiger partial charge in [-0.05, 0) is 42.7 Å². The van der Waals surface area contributed by atoms with Crippen LogP contribution in [0.2, 0.25) is 0 Å². The van der Waals surface area contributed by atoms with Crippen molar-refractivity contribution >= 4 is 17.8 Å². The zero-order chi connectivity index (χ0) is 19.5. The number of carbonyl (C=O) groups is 1. The van der Waals surface area contributed by atoms with Gasteiger partial charge in [0.1, 0.15) is 6.10 Å². The van der Waals surface area contributed by atoms with Gasteiger partial charge in [-0.25, -0.2) is 4.79 Å². The molecule has 2 N–H and O–H groups in total. The maximum Gasteiger partial charge on any atom is 0.319 e. The largest absolute Gasteiger partial charge is 0.373 e. The van der Waals surface area contributed by atoms with E-state index in [2.05, 4.69) is 41.0 Å². The number of carbonyl (C=O) groups excluding carboxylic acids is 1. The molecule has 2 aromatic carbocycles. The van der Waals surface area contributed by atoms with E-state index in [1.165, 1.54) is 0 Å². The summed E-state index contributed by atoms with van der Waals surface area (Å²) in [4.78, 5) is 12.4. The van der Waals surface area contributed by atoms with Crippen molar-refractivity contribution in [3.05, 3.63) is 71.3 Å². The molecule has 5 heteroatoms. The summed E-state index contributed by atoms with van der Waals surface area (Å²) < 4.78 is 11.9. The predicted molar refractivity (Wildman–Crippen MR) is 110 cm³/mol. The Balaban J connectivity index is 1.34. The van der Waals surface area contributed by atoms with Crippen LogP contribution in [0.15, 0.2) is 54.6 Å². The Labute approximate surface area is 165 Å². The van der Waals surface area contributed by atoms with E-state index in [4.69, 9.17) is 9.47 Å². The first-order valence-corrected chi connectivity index (χ1v) is 9.71. The molecule has 0 radical (unpaired) electrons. The van der Waals surface area contributed by atoms with E-state index in [9.17, 15) is 4.79 Å². The minimum absolute atomic E-state index is 0.0218. The Kier molecular flexibility index (Phi) is 5.46. The van der Waals surface area contributed by atoms with Crippen molar-refractivity contribution in [1.82, 2.24) is 5.32 Å². The average Bonchev–Trinajstić information content (AvgIpc) is 3.23. The molecule has 28 heavy (non-hydrogen) atoms. The van der Waals surface area contributed by atoms with Crippen molar-refractivity contribution < 1.29 is 14.3 Å². The molecule has 0 aliphatic carbocycles. The van der Waals surface area contributed by atoms with Crippen LogP contribution >= 0.6 is 0 Å². The molecule has 2 aromatic rings. The maximum atomic E-state index is 12.4. The standard InChI is InChI=1S/C23H26N2O3/c1-15-10-16(2)12-19(11-15)24-23(26)25-20-14-28-21-18(13-27-22(20)21)9-8-17-6-4-3-5-7-17/h3-12,18,20-22H,13-14H2,1-2H3,(H2,24,25,26)/b9-8-/t18-,20+,21?,22?/m1/s1. The fourth-order valence-electron chi connectivity index (χ4n) is 4.00. The number of ether oxygens (including phenoxy) is 2. The topological polar surface area (TPSA) is 59.6 Å². The van der Waals surface area contributed by atoms with Crippen LogP contribution in [0.25, 0.3) is 6.08 Å². The number of amides is 2. The van der Waals surface area contributed by atoms with Crippen molar-refractivity contribution in [2.45, 2.75) is 32.1 Å². The second kappa shape index (κ2) is 8.17. The smallest absolute Gasteiger partial charge is 0.319 e. The van der Waals surface area contributed by atoms with Crippen molar-refractivity contribution in [1.29, 1.82) is 0 Å². The fourth-order valence-corrected chi connectivity index (χ4v) is 4.00. The summed E-state index contributed by atoms with van der Waals surface area (Å²) in [5, 5.41) is 5.92. The Morgan fingerprint density at radius 2 is 1.71 bits per heavy atom. The quantitative estimate of drug-likeness (QED) is 0.848. The Bertz CT molecular complexity index is 845. The summed E-state index contributed by atoms with van der Waals surface area (Å²) in [5.41, 5.74) is 4.19. The lowest BCUT2D eigenvalue weighted by molar-refractivity contribution is 0.0662. The van der Waals surface area contributed by atoms with Crippen molar-refractivity contribution in [3.63, 3.8) is 0 Å². The number of fused-ring (bicyclic) bond motifs is 1. The summed E-state index contributed by atoms with van der Waals surface area (Å²) in [6.07, 6.45) is 4.12. The van der Waals surface area contributed by atoms with Gasteiger partial charge in [-0.1, -0.05) is 48.6 Å². The van der Waals surface area contributed by atoms with Crippen LogP contribution < -0.4 is 10.6 Å². The van der Waals surface area contributed by atoms with Gasteiger partial charge in [0.15, 0.2) is 0 Å². The third-order valence-corrected chi connectivity index (χ3v) is 5.22. The monoisotopic (exact) mass is 378 g/mol. The SMILES string of the molecule is Cc1cc(C)cc(NC(=O)N[C@H]2COC3C2OC[C@H]3/C=C\c2ccccc2)c1. The van der Waals surface area contributed by atoms with Gasteiger partial charge >= 0.3 is 6.03 Å². The number of urea groups is 1. The van der Waals surface area contributed by atoms with Gasteiger partial charge in [0, 0.05) is 11.6 Å². The molecule has 2 aliphatic heterocycles. The Morgan fingerprint density at radius 3 is 2.46 bits per heavy atom. The van der Waals surface area contributed by atoms with Gasteiger partial charge in [0.25, 0.3) is 0 Å². The molecule has 2 unspecified atom stereocenters. The van der Waals surface area contributed by atoms with Crippen LogP contribution in [-0.2, 0) is 9.47 Å². The second-order valence-corrected chi connectivity index (χ2v) is 7.61. The van der Waals surface area contributed by atoms with Crippen LogP contribution in [-0.4, -0.2) is 37.5 Å². The molecule has 0 aromatic heterocycles. The van der Waals surface area contributed by atoms with E-state index in [1.807, 2.05) is 44.2 Å². The molecule has 2 saturated heterocycles. The zero-order valence-corrected chi connectivity index (χ0v) is 16.2. The third-order valence-electron chi connectivity index (χ3n) is 5.22. The third kappa shape index (κ3) is 4.26. The van der Waals surface area contributed by atoms with E-state index < -0.39 is 0 Å². The van der Waals surface area contributed by atoms with Gasteiger partial charge in [-0.2, -0.15) is 0 Å². The highest BCUT2D eigenvalue weighted by atomic mass is 16.6. The van der Waals surface area contributed by atoms with Crippen LogP contribution in [0.5, 0.6) is 0 Å². The molecule has 2 aliphatic rings. The van der Waals surface area contributed by atoms with Gasteiger partial charge in [0.2, 0.25) is 0 Å². The van der Waals surface area contributed by atoms with E-state index >= 15 is 0 Å². The first-order valence-electron chi connectivity index (χ1n) is 9.71. The molecule has 146 valence electrons. The molecular formula is C23H26N2O3. The number of rotatable bonds is 4. The van der Waals surface area contributed by atoms with Gasteiger partial charge < -0.3 is 20.1 Å². The molecule has 0 bridgehead atoms. The summed E-state index contributed by atoms with van der Waals surface area (Å²) in [6.45, 7) is 5.10. The Hall–Kier alpha value is -2.63. The minimum Gasteiger partial charge on any atom is -0.373 e. The van der Waals surface area contributed by atoms with Crippen LogP contribution in [0, 0.1) is 19.8 Å². The fraction of sp³-hybridized carbons (Fsp3) is 0.348. The zero-order valence-electron chi connectivity index (χ0n) is 16.2. The van der Waals surface area contributed by atoms with E-state index in [-0.39, 0.29) is 30.2 Å². The van der Waals surface area contributed by atoms with E-state index in [0.29, 0.717) is 13.2 Å². The van der Waals surface area contributed by atoms with Gasteiger partial charge in [-0.3, -0.25) is 0 Å². The van der Waals surface area contributed by atoms with Gasteiger partial charge in [0.05, 0.1) is 25.4 Å². The molecule has 0 spiro atoms. The second-order valence-electron chi connectivity index (χ2n) is 7.61. The molecule has 4 atom stereocenters. The molecule has 2 heterocycles. The van der Waals surface area contributed by atoms with Crippen molar-refractivity contribution in [2.24, 2.45) is 5.92 Å². The van der Waals surface area contributed by atoms with Crippen molar-refractivity contribution in [3.8, 4) is 0 Å².